The van der Waals surface area contributed by atoms with Crippen LogP contribution in [-0.2, 0) is 0 Å². The quantitative estimate of drug-likeness (QED) is 0.803. The maximum atomic E-state index is 5.92. The van der Waals surface area contributed by atoms with Gasteiger partial charge in [-0.05, 0) is 25.0 Å². The van der Waals surface area contributed by atoms with E-state index < -0.39 is 0 Å². The molecule has 1 aliphatic rings. The molecule has 0 aromatic carbocycles. The van der Waals surface area contributed by atoms with E-state index in [0.29, 0.717) is 5.92 Å². The van der Waals surface area contributed by atoms with Crippen LogP contribution in [0.15, 0.2) is 30.7 Å². The molecular weight excluding hydrogens is 188 g/mol. The third kappa shape index (κ3) is 1.38. The van der Waals surface area contributed by atoms with Crippen molar-refractivity contribution >= 4 is 5.69 Å². The van der Waals surface area contributed by atoms with Crippen molar-refractivity contribution in [3.05, 3.63) is 36.4 Å². The average molecular weight is 200 g/mol. The van der Waals surface area contributed by atoms with Gasteiger partial charge in [-0.15, -0.1) is 0 Å². The molecule has 76 valence electrons. The Morgan fingerprint density at radius 2 is 2.00 bits per heavy atom. The summed E-state index contributed by atoms with van der Waals surface area (Å²) in [6, 6.07) is 3.89. The lowest BCUT2D eigenvalue weighted by Gasteiger charge is -2.06. The second-order valence-electron chi connectivity index (χ2n) is 3.88. The van der Waals surface area contributed by atoms with Gasteiger partial charge in [-0.1, -0.05) is 0 Å². The number of hydrogen-bond acceptors (Lipinski definition) is 3. The van der Waals surface area contributed by atoms with Gasteiger partial charge in [-0.3, -0.25) is 4.98 Å². The van der Waals surface area contributed by atoms with E-state index in [1.54, 1.807) is 18.6 Å². The summed E-state index contributed by atoms with van der Waals surface area (Å²) in [4.78, 5) is 4.00. The van der Waals surface area contributed by atoms with Gasteiger partial charge in [0.15, 0.2) is 0 Å². The number of pyridine rings is 1. The molecule has 4 heteroatoms. The molecule has 0 aliphatic heterocycles. The molecule has 0 radical (unpaired) electrons. The van der Waals surface area contributed by atoms with Crippen LogP contribution in [0, 0.1) is 0 Å². The summed E-state index contributed by atoms with van der Waals surface area (Å²) in [5.74, 6) is 0.598. The first kappa shape index (κ1) is 8.47. The van der Waals surface area contributed by atoms with Gasteiger partial charge >= 0.3 is 0 Å². The van der Waals surface area contributed by atoms with Crippen molar-refractivity contribution < 1.29 is 0 Å². The maximum absolute atomic E-state index is 5.92. The number of anilines is 1. The molecule has 0 spiro atoms. The minimum Gasteiger partial charge on any atom is -0.396 e. The summed E-state index contributed by atoms with van der Waals surface area (Å²) >= 11 is 0. The van der Waals surface area contributed by atoms with E-state index in [9.17, 15) is 0 Å². The van der Waals surface area contributed by atoms with E-state index in [0.717, 1.165) is 17.1 Å². The van der Waals surface area contributed by atoms with Crippen LogP contribution in [0.2, 0.25) is 0 Å². The smallest absolute Gasteiger partial charge is 0.0740 e. The SMILES string of the molecule is Nc1cnn(-c2ccncc2)c1C1CC1. The molecule has 3 rings (SSSR count). The first-order valence-electron chi connectivity index (χ1n) is 5.10. The highest BCUT2D eigenvalue weighted by molar-refractivity contribution is 5.48. The Labute approximate surface area is 87.7 Å². The highest BCUT2D eigenvalue weighted by atomic mass is 15.3. The van der Waals surface area contributed by atoms with Gasteiger partial charge in [0.25, 0.3) is 0 Å². The van der Waals surface area contributed by atoms with Crippen LogP contribution in [0.5, 0.6) is 0 Å². The first-order chi connectivity index (χ1) is 7.36. The van der Waals surface area contributed by atoms with Crippen LogP contribution in [0.25, 0.3) is 5.69 Å². The number of rotatable bonds is 2. The molecule has 1 aliphatic carbocycles. The number of hydrogen-bond donors (Lipinski definition) is 1. The number of nitrogens with zero attached hydrogens (tertiary/aromatic N) is 3. The topological polar surface area (TPSA) is 56.7 Å². The number of nitrogens with two attached hydrogens (primary N) is 1. The Kier molecular flexibility index (Phi) is 1.74. The van der Waals surface area contributed by atoms with Gasteiger partial charge < -0.3 is 5.73 Å². The third-order valence-electron chi connectivity index (χ3n) is 2.71. The van der Waals surface area contributed by atoms with Gasteiger partial charge in [0.2, 0.25) is 0 Å². The second kappa shape index (κ2) is 3.08. The molecule has 0 saturated heterocycles. The predicted molar refractivity (Wildman–Crippen MR) is 57.7 cm³/mol. The van der Waals surface area contributed by atoms with Crippen LogP contribution in [0.1, 0.15) is 24.5 Å². The fourth-order valence-electron chi connectivity index (χ4n) is 1.83. The fraction of sp³-hybridized carbons (Fsp3) is 0.273. The van der Waals surface area contributed by atoms with E-state index in [1.165, 1.54) is 12.8 Å². The van der Waals surface area contributed by atoms with Crippen molar-refractivity contribution in [3.63, 3.8) is 0 Å². The van der Waals surface area contributed by atoms with Gasteiger partial charge in [0.05, 0.1) is 23.3 Å². The standard InChI is InChI=1S/C11H12N4/c12-10-7-14-15(11(10)8-1-2-8)9-3-5-13-6-4-9/h3-8H,1-2,12H2. The predicted octanol–water partition coefficient (Wildman–Crippen LogP) is 1.73. The van der Waals surface area contributed by atoms with Crippen molar-refractivity contribution in [1.29, 1.82) is 0 Å². The number of nitrogen functional groups attached to an aromatic ring is 1. The third-order valence-corrected chi connectivity index (χ3v) is 2.71. The summed E-state index contributed by atoms with van der Waals surface area (Å²) in [6.07, 6.45) is 7.71. The van der Waals surface area contributed by atoms with E-state index in [1.807, 2.05) is 16.8 Å². The summed E-state index contributed by atoms with van der Waals surface area (Å²) in [7, 11) is 0. The van der Waals surface area contributed by atoms with Crippen molar-refractivity contribution in [2.24, 2.45) is 0 Å². The van der Waals surface area contributed by atoms with Crippen molar-refractivity contribution in [2.75, 3.05) is 5.73 Å². The van der Waals surface area contributed by atoms with Crippen molar-refractivity contribution in [2.45, 2.75) is 18.8 Å². The largest absolute Gasteiger partial charge is 0.396 e. The minimum absolute atomic E-state index is 0.598. The molecule has 2 N–H and O–H groups in total. The lowest BCUT2D eigenvalue weighted by atomic mass is 10.2. The lowest BCUT2D eigenvalue weighted by Crippen LogP contribution is -2.02. The zero-order valence-corrected chi connectivity index (χ0v) is 8.30. The van der Waals surface area contributed by atoms with Gasteiger partial charge in [0, 0.05) is 18.3 Å². The Morgan fingerprint density at radius 1 is 1.27 bits per heavy atom. The zero-order chi connectivity index (χ0) is 10.3. The highest BCUT2D eigenvalue weighted by Crippen LogP contribution is 2.43. The molecule has 0 bridgehead atoms. The Morgan fingerprint density at radius 3 is 2.67 bits per heavy atom. The molecule has 1 fully saturated rings. The molecule has 2 heterocycles. The fourth-order valence-corrected chi connectivity index (χ4v) is 1.83. The molecule has 15 heavy (non-hydrogen) atoms. The molecule has 0 atom stereocenters. The van der Waals surface area contributed by atoms with Crippen molar-refractivity contribution in [3.8, 4) is 5.69 Å². The van der Waals surface area contributed by atoms with Gasteiger partial charge in [-0.2, -0.15) is 5.10 Å². The summed E-state index contributed by atoms with van der Waals surface area (Å²) in [6.45, 7) is 0. The molecule has 4 nitrogen and oxygen atoms in total. The maximum Gasteiger partial charge on any atom is 0.0740 e. The van der Waals surface area contributed by atoms with Crippen LogP contribution in [-0.4, -0.2) is 14.8 Å². The van der Waals surface area contributed by atoms with E-state index in [-0.39, 0.29) is 0 Å². The summed E-state index contributed by atoms with van der Waals surface area (Å²) in [5, 5.41) is 4.31. The Bertz CT molecular complexity index is 471. The van der Waals surface area contributed by atoms with E-state index in [2.05, 4.69) is 10.1 Å². The normalized spacial score (nSPS) is 15.5. The van der Waals surface area contributed by atoms with E-state index >= 15 is 0 Å². The van der Waals surface area contributed by atoms with Crippen LogP contribution in [0.4, 0.5) is 5.69 Å². The first-order valence-corrected chi connectivity index (χ1v) is 5.10. The second-order valence-corrected chi connectivity index (χ2v) is 3.88. The van der Waals surface area contributed by atoms with Crippen LogP contribution >= 0.6 is 0 Å². The minimum atomic E-state index is 0.598. The molecule has 0 unspecified atom stereocenters. The molecule has 1 saturated carbocycles. The van der Waals surface area contributed by atoms with Crippen LogP contribution < -0.4 is 5.73 Å². The summed E-state index contributed by atoms with van der Waals surface area (Å²) in [5.41, 5.74) is 8.91. The Balaban J connectivity index is 2.12. The lowest BCUT2D eigenvalue weighted by molar-refractivity contribution is 0.807. The van der Waals surface area contributed by atoms with Crippen LogP contribution in [0.3, 0.4) is 0 Å². The van der Waals surface area contributed by atoms with E-state index in [4.69, 9.17) is 5.73 Å². The molecule has 0 amide bonds. The van der Waals surface area contributed by atoms with Crippen molar-refractivity contribution in [1.82, 2.24) is 14.8 Å². The highest BCUT2D eigenvalue weighted by Gasteiger charge is 2.29. The Hall–Kier alpha value is -1.84. The average Bonchev–Trinajstić information content (AvgIpc) is 3.03. The zero-order valence-electron chi connectivity index (χ0n) is 8.30. The van der Waals surface area contributed by atoms with Gasteiger partial charge in [0.1, 0.15) is 0 Å². The van der Waals surface area contributed by atoms with Gasteiger partial charge in [-0.25, -0.2) is 4.68 Å². The molecule has 2 aromatic rings. The molecular formula is C11H12N4. The molecule has 2 aromatic heterocycles. The number of aromatic nitrogens is 3. The summed E-state index contributed by atoms with van der Waals surface area (Å²) < 4.78 is 1.93. The monoisotopic (exact) mass is 200 g/mol.